The van der Waals surface area contributed by atoms with Crippen LogP contribution < -0.4 is 5.32 Å². The minimum Gasteiger partial charge on any atom is -0.301 e. The van der Waals surface area contributed by atoms with E-state index >= 15 is 0 Å². The Labute approximate surface area is 139 Å². The van der Waals surface area contributed by atoms with Crippen LogP contribution >= 0.6 is 11.3 Å². The molecule has 0 radical (unpaired) electrons. The van der Waals surface area contributed by atoms with E-state index < -0.39 is 0 Å². The maximum Gasteiger partial charge on any atom is 0.240 e. The SMILES string of the molecule is CCc1nc(NC(=O)CN2CCC[C@@H]2Cn2cncn2)sc1C. The highest BCUT2D eigenvalue weighted by Crippen LogP contribution is 2.23. The van der Waals surface area contributed by atoms with Crippen LogP contribution in [0.4, 0.5) is 5.13 Å². The molecule has 1 aliphatic rings. The van der Waals surface area contributed by atoms with Crippen molar-refractivity contribution in [2.24, 2.45) is 0 Å². The number of hydrogen-bond acceptors (Lipinski definition) is 6. The van der Waals surface area contributed by atoms with Crippen LogP contribution in [0.15, 0.2) is 12.7 Å². The van der Waals surface area contributed by atoms with Crippen molar-refractivity contribution in [1.82, 2.24) is 24.6 Å². The summed E-state index contributed by atoms with van der Waals surface area (Å²) in [5.41, 5.74) is 1.07. The molecule has 1 saturated heterocycles. The molecule has 0 bridgehead atoms. The second kappa shape index (κ2) is 7.18. The second-order valence-corrected chi connectivity index (χ2v) is 7.01. The number of likely N-dealkylation sites (tertiary alicyclic amines) is 1. The Morgan fingerprint density at radius 1 is 1.52 bits per heavy atom. The fourth-order valence-electron chi connectivity index (χ4n) is 3.01. The molecule has 0 spiro atoms. The van der Waals surface area contributed by atoms with E-state index in [9.17, 15) is 4.79 Å². The number of amides is 1. The van der Waals surface area contributed by atoms with Crippen molar-refractivity contribution >= 4 is 22.4 Å². The summed E-state index contributed by atoms with van der Waals surface area (Å²) in [6, 6.07) is 0.340. The predicted octanol–water partition coefficient (Wildman–Crippen LogP) is 1.71. The van der Waals surface area contributed by atoms with Gasteiger partial charge in [0.15, 0.2) is 5.13 Å². The van der Waals surface area contributed by atoms with Gasteiger partial charge in [0, 0.05) is 10.9 Å². The van der Waals surface area contributed by atoms with Gasteiger partial charge in [-0.1, -0.05) is 6.92 Å². The zero-order valence-corrected chi connectivity index (χ0v) is 14.3. The monoisotopic (exact) mass is 334 g/mol. The van der Waals surface area contributed by atoms with Crippen LogP contribution in [0.3, 0.4) is 0 Å². The first-order valence-electron chi connectivity index (χ1n) is 7.98. The van der Waals surface area contributed by atoms with Gasteiger partial charge < -0.3 is 5.32 Å². The minimum atomic E-state index is 0.00638. The number of nitrogens with zero attached hydrogens (tertiary/aromatic N) is 5. The molecular weight excluding hydrogens is 312 g/mol. The molecule has 1 amide bonds. The molecule has 8 heteroatoms. The van der Waals surface area contributed by atoms with E-state index in [2.05, 4.69) is 32.2 Å². The van der Waals surface area contributed by atoms with Gasteiger partial charge in [-0.25, -0.2) is 9.97 Å². The van der Waals surface area contributed by atoms with E-state index in [1.54, 1.807) is 24.0 Å². The molecule has 0 aliphatic carbocycles. The van der Waals surface area contributed by atoms with Crippen molar-refractivity contribution in [3.8, 4) is 0 Å². The molecule has 0 unspecified atom stereocenters. The van der Waals surface area contributed by atoms with Gasteiger partial charge in [0.25, 0.3) is 0 Å². The maximum atomic E-state index is 12.3. The smallest absolute Gasteiger partial charge is 0.240 e. The predicted molar refractivity (Wildman–Crippen MR) is 89.5 cm³/mol. The van der Waals surface area contributed by atoms with Crippen molar-refractivity contribution in [2.45, 2.75) is 45.7 Å². The van der Waals surface area contributed by atoms with Gasteiger partial charge in [0.1, 0.15) is 12.7 Å². The Balaban J connectivity index is 1.55. The lowest BCUT2D eigenvalue weighted by Gasteiger charge is -2.23. The number of carbonyl (C=O) groups excluding carboxylic acids is 1. The first-order chi connectivity index (χ1) is 11.2. The third-order valence-corrected chi connectivity index (χ3v) is 5.11. The molecule has 3 heterocycles. The molecule has 7 nitrogen and oxygen atoms in total. The standard InChI is InChI=1S/C15H22N6OS/c1-3-13-11(2)23-15(18-13)19-14(22)8-20-6-4-5-12(20)7-21-10-16-9-17-21/h9-10,12H,3-8H2,1-2H3,(H,18,19,22)/t12-/m1/s1. The van der Waals surface area contributed by atoms with Crippen LogP contribution in [0, 0.1) is 6.92 Å². The molecule has 2 aromatic heterocycles. The minimum absolute atomic E-state index is 0.00638. The van der Waals surface area contributed by atoms with Crippen LogP contribution in [0.25, 0.3) is 0 Å². The van der Waals surface area contributed by atoms with Crippen LogP contribution in [-0.2, 0) is 17.8 Å². The van der Waals surface area contributed by atoms with Crippen LogP contribution in [0.5, 0.6) is 0 Å². The van der Waals surface area contributed by atoms with E-state index in [0.29, 0.717) is 17.7 Å². The fourth-order valence-corrected chi connectivity index (χ4v) is 3.92. The maximum absolute atomic E-state index is 12.3. The van der Waals surface area contributed by atoms with E-state index in [1.165, 1.54) is 4.88 Å². The zero-order chi connectivity index (χ0) is 16.2. The quantitative estimate of drug-likeness (QED) is 0.870. The lowest BCUT2D eigenvalue weighted by Crippen LogP contribution is -2.39. The highest BCUT2D eigenvalue weighted by molar-refractivity contribution is 7.15. The molecule has 3 rings (SSSR count). The number of thiazole rings is 1. The Kier molecular flexibility index (Phi) is 5.02. The summed E-state index contributed by atoms with van der Waals surface area (Å²) in [6.07, 6.45) is 6.36. The lowest BCUT2D eigenvalue weighted by atomic mass is 10.2. The third kappa shape index (κ3) is 3.94. The van der Waals surface area contributed by atoms with Crippen LogP contribution in [-0.4, -0.2) is 49.7 Å². The fraction of sp³-hybridized carbons (Fsp3) is 0.600. The average Bonchev–Trinajstić information content (AvgIpc) is 3.23. The zero-order valence-electron chi connectivity index (χ0n) is 13.5. The van der Waals surface area contributed by atoms with E-state index in [4.69, 9.17) is 0 Å². The number of carbonyl (C=O) groups is 1. The van der Waals surface area contributed by atoms with E-state index in [-0.39, 0.29) is 5.91 Å². The lowest BCUT2D eigenvalue weighted by molar-refractivity contribution is -0.117. The summed E-state index contributed by atoms with van der Waals surface area (Å²) < 4.78 is 1.83. The van der Waals surface area contributed by atoms with E-state index in [1.807, 2.05) is 11.6 Å². The van der Waals surface area contributed by atoms with Crippen molar-refractivity contribution in [3.05, 3.63) is 23.2 Å². The summed E-state index contributed by atoms with van der Waals surface area (Å²) in [6.45, 7) is 6.25. The van der Waals surface area contributed by atoms with Gasteiger partial charge in [-0.2, -0.15) is 5.10 Å². The molecular formula is C15H22N6OS. The van der Waals surface area contributed by atoms with Gasteiger partial charge in [-0.3, -0.25) is 14.4 Å². The van der Waals surface area contributed by atoms with Gasteiger partial charge in [0.05, 0.1) is 18.8 Å². The number of hydrogen-bond donors (Lipinski definition) is 1. The molecule has 1 atom stereocenters. The molecule has 1 N–H and O–H groups in total. The number of anilines is 1. The first-order valence-corrected chi connectivity index (χ1v) is 8.80. The Morgan fingerprint density at radius 2 is 2.39 bits per heavy atom. The number of aryl methyl sites for hydroxylation is 2. The summed E-state index contributed by atoms with van der Waals surface area (Å²) in [5, 5.41) is 7.79. The number of nitrogens with one attached hydrogen (secondary N) is 1. The number of aromatic nitrogens is 4. The molecule has 1 fully saturated rings. The van der Waals surface area contributed by atoms with Gasteiger partial charge in [0.2, 0.25) is 5.91 Å². The van der Waals surface area contributed by atoms with E-state index in [0.717, 1.165) is 38.0 Å². The summed E-state index contributed by atoms with van der Waals surface area (Å²) in [7, 11) is 0. The molecule has 1 aliphatic heterocycles. The average molecular weight is 334 g/mol. The topological polar surface area (TPSA) is 75.9 Å². The summed E-state index contributed by atoms with van der Waals surface area (Å²) >= 11 is 1.55. The Morgan fingerprint density at radius 3 is 3.09 bits per heavy atom. The molecule has 0 aromatic carbocycles. The first kappa shape index (κ1) is 16.1. The molecule has 2 aromatic rings. The highest BCUT2D eigenvalue weighted by atomic mass is 32.1. The Bertz CT molecular complexity index is 653. The molecule has 23 heavy (non-hydrogen) atoms. The third-order valence-electron chi connectivity index (χ3n) is 4.18. The largest absolute Gasteiger partial charge is 0.301 e. The number of rotatable bonds is 6. The Hall–Kier alpha value is -1.80. The second-order valence-electron chi connectivity index (χ2n) is 5.81. The molecule has 124 valence electrons. The van der Waals surface area contributed by atoms with Crippen LogP contribution in [0.1, 0.15) is 30.3 Å². The summed E-state index contributed by atoms with van der Waals surface area (Å²) in [4.78, 5) is 24.1. The van der Waals surface area contributed by atoms with Crippen molar-refractivity contribution in [3.63, 3.8) is 0 Å². The normalized spacial score (nSPS) is 18.4. The summed E-state index contributed by atoms with van der Waals surface area (Å²) in [5.74, 6) is 0.00638. The molecule has 0 saturated carbocycles. The van der Waals surface area contributed by atoms with Crippen molar-refractivity contribution in [1.29, 1.82) is 0 Å². The van der Waals surface area contributed by atoms with Crippen molar-refractivity contribution in [2.75, 3.05) is 18.4 Å². The van der Waals surface area contributed by atoms with Gasteiger partial charge >= 0.3 is 0 Å². The van der Waals surface area contributed by atoms with Gasteiger partial charge in [-0.15, -0.1) is 11.3 Å². The van der Waals surface area contributed by atoms with Crippen LogP contribution in [0.2, 0.25) is 0 Å². The highest BCUT2D eigenvalue weighted by Gasteiger charge is 2.27. The van der Waals surface area contributed by atoms with Crippen molar-refractivity contribution < 1.29 is 4.79 Å². The van der Waals surface area contributed by atoms with Gasteiger partial charge in [-0.05, 0) is 32.7 Å².